The van der Waals surface area contributed by atoms with E-state index in [1.165, 1.54) is 109 Å². The monoisotopic (exact) mass is 1090 g/mol. The van der Waals surface area contributed by atoms with Gasteiger partial charge in [0.2, 0.25) is 0 Å². The number of allylic oxidation sites excluding steroid dienone is 22. The second-order valence-electron chi connectivity index (χ2n) is 21.3. The molecule has 79 heavy (non-hydrogen) atoms. The SMILES string of the molecule is CC/C=C\C/C=C\C/C=C\C/C=C\C/C=C\CCCCCCCCCC(=O)OCC(COC(=O)CCCCCC/C=C\C/C=C\C/C=C\C/C=C\CC)OC(=O)CCCCCCCCCCC/C=C\C/C=C\CCCCCCC. The molecule has 0 bridgehead atoms. The molecule has 1 atom stereocenters. The Morgan fingerprint density at radius 3 is 0.772 bits per heavy atom. The van der Waals surface area contributed by atoms with Crippen LogP contribution in [0.3, 0.4) is 0 Å². The van der Waals surface area contributed by atoms with E-state index in [2.05, 4.69) is 154 Å². The van der Waals surface area contributed by atoms with Gasteiger partial charge >= 0.3 is 17.9 Å². The zero-order valence-corrected chi connectivity index (χ0v) is 51.3. The Kier molecular flexibility index (Phi) is 62.3. The fourth-order valence-corrected chi connectivity index (χ4v) is 8.79. The van der Waals surface area contributed by atoms with Gasteiger partial charge in [-0.3, -0.25) is 14.4 Å². The topological polar surface area (TPSA) is 78.9 Å². The summed E-state index contributed by atoms with van der Waals surface area (Å²) in [6.45, 7) is 6.38. The van der Waals surface area contributed by atoms with E-state index in [1.807, 2.05) is 0 Å². The molecule has 0 aliphatic heterocycles. The Morgan fingerprint density at radius 1 is 0.266 bits per heavy atom. The number of unbranched alkanes of at least 4 members (excludes halogenated alkanes) is 25. The van der Waals surface area contributed by atoms with Crippen LogP contribution < -0.4 is 0 Å². The average Bonchev–Trinajstić information content (AvgIpc) is 3.45. The predicted molar refractivity (Wildman–Crippen MR) is 343 cm³/mol. The van der Waals surface area contributed by atoms with Gasteiger partial charge in [0.05, 0.1) is 0 Å². The van der Waals surface area contributed by atoms with Crippen molar-refractivity contribution in [3.8, 4) is 0 Å². The van der Waals surface area contributed by atoms with E-state index < -0.39 is 6.10 Å². The Balaban J connectivity index is 4.46. The van der Waals surface area contributed by atoms with Crippen LogP contribution in [0.15, 0.2) is 134 Å². The molecule has 0 rings (SSSR count). The molecule has 0 saturated heterocycles. The van der Waals surface area contributed by atoms with Crippen molar-refractivity contribution in [1.29, 1.82) is 0 Å². The lowest BCUT2D eigenvalue weighted by molar-refractivity contribution is -0.167. The van der Waals surface area contributed by atoms with Gasteiger partial charge in [0.15, 0.2) is 6.10 Å². The zero-order valence-electron chi connectivity index (χ0n) is 51.3. The Morgan fingerprint density at radius 2 is 0.494 bits per heavy atom. The minimum Gasteiger partial charge on any atom is -0.462 e. The number of carbonyl (C=O) groups excluding carboxylic acids is 3. The summed E-state index contributed by atoms with van der Waals surface area (Å²) in [5, 5.41) is 0. The van der Waals surface area contributed by atoms with Crippen LogP contribution in [0.25, 0.3) is 0 Å². The minimum atomic E-state index is -0.802. The maximum absolute atomic E-state index is 12.9. The lowest BCUT2D eigenvalue weighted by Crippen LogP contribution is -2.30. The highest BCUT2D eigenvalue weighted by Gasteiger charge is 2.19. The summed E-state index contributed by atoms with van der Waals surface area (Å²) >= 11 is 0. The molecule has 448 valence electrons. The summed E-state index contributed by atoms with van der Waals surface area (Å²) in [7, 11) is 0. The quantitative estimate of drug-likeness (QED) is 0.0261. The molecule has 0 radical (unpaired) electrons. The fourth-order valence-electron chi connectivity index (χ4n) is 8.79. The summed E-state index contributed by atoms with van der Waals surface area (Å²) in [5.74, 6) is -0.931. The van der Waals surface area contributed by atoms with Gasteiger partial charge < -0.3 is 14.2 Å². The number of carbonyl (C=O) groups is 3. The molecule has 0 N–H and O–H groups in total. The molecule has 6 heteroatoms. The van der Waals surface area contributed by atoms with Gasteiger partial charge in [0, 0.05) is 19.3 Å². The smallest absolute Gasteiger partial charge is 0.306 e. The van der Waals surface area contributed by atoms with Crippen LogP contribution in [0.4, 0.5) is 0 Å². The number of hydrogen-bond acceptors (Lipinski definition) is 6. The van der Waals surface area contributed by atoms with Crippen LogP contribution in [0.1, 0.15) is 290 Å². The molecule has 6 nitrogen and oxygen atoms in total. The van der Waals surface area contributed by atoms with E-state index in [0.29, 0.717) is 19.3 Å². The summed E-state index contributed by atoms with van der Waals surface area (Å²) in [4.78, 5) is 38.4. The summed E-state index contributed by atoms with van der Waals surface area (Å²) in [5.41, 5.74) is 0. The molecule has 0 aromatic carbocycles. The van der Waals surface area contributed by atoms with Crippen molar-refractivity contribution in [3.63, 3.8) is 0 Å². The first kappa shape index (κ1) is 74.5. The third-order valence-electron chi connectivity index (χ3n) is 13.6. The van der Waals surface area contributed by atoms with E-state index in [0.717, 1.165) is 141 Å². The summed E-state index contributed by atoms with van der Waals surface area (Å²) in [6, 6.07) is 0. The highest BCUT2D eigenvalue weighted by molar-refractivity contribution is 5.71. The van der Waals surface area contributed by atoms with Crippen LogP contribution in [0.5, 0.6) is 0 Å². The van der Waals surface area contributed by atoms with Crippen LogP contribution >= 0.6 is 0 Å². The summed E-state index contributed by atoms with van der Waals surface area (Å²) < 4.78 is 16.9. The van der Waals surface area contributed by atoms with Gasteiger partial charge in [-0.25, -0.2) is 0 Å². The first-order valence-electron chi connectivity index (χ1n) is 32.7. The Bertz CT molecular complexity index is 1680. The van der Waals surface area contributed by atoms with Crippen LogP contribution in [0, 0.1) is 0 Å². The first-order chi connectivity index (χ1) is 39.0. The van der Waals surface area contributed by atoms with Crippen molar-refractivity contribution in [2.24, 2.45) is 0 Å². The lowest BCUT2D eigenvalue weighted by Gasteiger charge is -2.18. The average molecular weight is 1090 g/mol. The Labute approximate surface area is 487 Å². The maximum Gasteiger partial charge on any atom is 0.306 e. The highest BCUT2D eigenvalue weighted by atomic mass is 16.6. The molecule has 0 aromatic rings. The third kappa shape index (κ3) is 64.3. The van der Waals surface area contributed by atoms with Crippen LogP contribution in [-0.2, 0) is 28.6 Å². The van der Waals surface area contributed by atoms with Crippen molar-refractivity contribution >= 4 is 17.9 Å². The molecule has 0 spiro atoms. The number of hydrogen-bond donors (Lipinski definition) is 0. The molecule has 0 amide bonds. The van der Waals surface area contributed by atoms with Crippen molar-refractivity contribution in [2.45, 2.75) is 297 Å². The van der Waals surface area contributed by atoms with Crippen LogP contribution in [-0.4, -0.2) is 37.2 Å². The standard InChI is InChI=1S/C73H120O6/c1-4-7-10-13-16-19-22-25-28-31-33-35-36-38-39-42-45-48-51-54-57-60-63-66-72(75)78-69-70(68-77-71(74)65-62-59-56-53-50-47-44-41-30-27-24-21-18-15-12-9-6-3)79-73(76)67-64-61-58-55-52-49-46-43-40-37-34-32-29-26-23-20-17-14-11-8-5-2/h7,9-10,12,16,18-19,21,23,25-28,30,32-35,38-39,44,47,70H,4-6,8,11,13-15,17,20,22,24,29,31,36-37,40-43,45-46,48-69H2,1-3H3/b10-7-,12-9-,19-16-,21-18-,26-23-,28-25-,30-27-,34-32-,35-33-,39-38-,47-44-. The molecule has 0 heterocycles. The molecular formula is C73H120O6. The minimum absolute atomic E-state index is 0.0972. The lowest BCUT2D eigenvalue weighted by atomic mass is 10.1. The third-order valence-corrected chi connectivity index (χ3v) is 13.6. The Hall–Kier alpha value is -4.45. The number of ether oxygens (including phenoxy) is 3. The van der Waals surface area contributed by atoms with E-state index >= 15 is 0 Å². The van der Waals surface area contributed by atoms with Gasteiger partial charge in [-0.05, 0) is 135 Å². The van der Waals surface area contributed by atoms with E-state index in [9.17, 15) is 14.4 Å². The van der Waals surface area contributed by atoms with Crippen molar-refractivity contribution in [3.05, 3.63) is 134 Å². The summed E-state index contributed by atoms with van der Waals surface area (Å²) in [6.07, 6.45) is 93.1. The molecule has 0 aliphatic carbocycles. The molecule has 0 aromatic heterocycles. The zero-order chi connectivity index (χ0) is 57.1. The van der Waals surface area contributed by atoms with Crippen molar-refractivity contribution < 1.29 is 28.6 Å². The molecular weight excluding hydrogens is 973 g/mol. The highest BCUT2D eigenvalue weighted by Crippen LogP contribution is 2.15. The van der Waals surface area contributed by atoms with E-state index in [-0.39, 0.29) is 31.1 Å². The van der Waals surface area contributed by atoms with Crippen LogP contribution in [0.2, 0.25) is 0 Å². The van der Waals surface area contributed by atoms with Gasteiger partial charge in [0.1, 0.15) is 13.2 Å². The van der Waals surface area contributed by atoms with Gasteiger partial charge in [-0.2, -0.15) is 0 Å². The fraction of sp³-hybridized carbons (Fsp3) is 0.658. The normalized spacial score (nSPS) is 13.0. The maximum atomic E-state index is 12.9. The van der Waals surface area contributed by atoms with Gasteiger partial charge in [-0.15, -0.1) is 0 Å². The van der Waals surface area contributed by atoms with Crippen molar-refractivity contribution in [1.82, 2.24) is 0 Å². The van der Waals surface area contributed by atoms with E-state index in [4.69, 9.17) is 14.2 Å². The van der Waals surface area contributed by atoms with E-state index in [1.54, 1.807) is 0 Å². The van der Waals surface area contributed by atoms with Crippen molar-refractivity contribution in [2.75, 3.05) is 13.2 Å². The van der Waals surface area contributed by atoms with Gasteiger partial charge in [0.25, 0.3) is 0 Å². The predicted octanol–water partition coefficient (Wildman–Crippen LogP) is 22.5. The second kappa shape index (κ2) is 66.1. The largest absolute Gasteiger partial charge is 0.462 e. The number of esters is 3. The molecule has 1 unspecified atom stereocenters. The first-order valence-corrected chi connectivity index (χ1v) is 32.7. The molecule has 0 saturated carbocycles. The van der Waals surface area contributed by atoms with Gasteiger partial charge in [-0.1, -0.05) is 270 Å². The number of rotatable bonds is 58. The molecule has 0 fully saturated rings. The molecule has 0 aliphatic rings. The second-order valence-corrected chi connectivity index (χ2v) is 21.3.